The van der Waals surface area contributed by atoms with Gasteiger partial charge in [0.1, 0.15) is 12.6 Å². The van der Waals surface area contributed by atoms with Crippen LogP contribution in [-0.4, -0.2) is 113 Å². The first-order valence-corrected chi connectivity index (χ1v) is 25.1. The minimum Gasteiger partial charge on any atom is -0.461 e. The van der Waals surface area contributed by atoms with E-state index >= 15 is 0 Å². The Morgan fingerprint density at radius 1 is 0.901 bits per heavy atom. The summed E-state index contributed by atoms with van der Waals surface area (Å²) in [6, 6.07) is 5.59. The van der Waals surface area contributed by atoms with Crippen LogP contribution < -0.4 is 16.0 Å². The van der Waals surface area contributed by atoms with Crippen molar-refractivity contribution in [1.82, 2.24) is 15.5 Å². The molecule has 1 aromatic carbocycles. The summed E-state index contributed by atoms with van der Waals surface area (Å²) in [6.07, 6.45) is 10.5. The molecule has 2 heterocycles. The van der Waals surface area contributed by atoms with Crippen LogP contribution in [0.5, 0.6) is 0 Å². The molecule has 0 spiro atoms. The zero-order valence-corrected chi connectivity index (χ0v) is 41.3. The molecule has 1 saturated heterocycles. The van der Waals surface area contributed by atoms with E-state index in [9.17, 15) is 48.3 Å². The van der Waals surface area contributed by atoms with E-state index in [2.05, 4.69) is 22.9 Å². The number of carbonyl (C=O) groups is 9. The minimum absolute atomic E-state index is 0.0337. The number of Topliss-reactive ketones (excluding diaryl/α,β-unsaturated/α-hetero) is 1. The van der Waals surface area contributed by atoms with E-state index in [4.69, 9.17) is 18.9 Å². The zero-order chi connectivity index (χ0) is 51.3. The van der Waals surface area contributed by atoms with E-state index in [1.165, 1.54) is 12.2 Å². The van der Waals surface area contributed by atoms with Gasteiger partial charge in [0.2, 0.25) is 23.5 Å². The van der Waals surface area contributed by atoms with Crippen LogP contribution in [0.1, 0.15) is 117 Å². The summed E-state index contributed by atoms with van der Waals surface area (Å²) in [5.74, 6) is -4.38. The fraction of sp³-hybridized carbons (Fsp3) is 0.604. The second-order valence-electron chi connectivity index (χ2n) is 20.6. The number of ketones is 2. The molecule has 71 heavy (non-hydrogen) atoms. The highest BCUT2D eigenvalue weighted by molar-refractivity contribution is 6.12. The van der Waals surface area contributed by atoms with Gasteiger partial charge >= 0.3 is 11.9 Å². The smallest absolute Gasteiger partial charge is 0.306 e. The van der Waals surface area contributed by atoms with E-state index in [0.29, 0.717) is 49.8 Å². The van der Waals surface area contributed by atoms with Crippen LogP contribution >= 0.6 is 0 Å². The van der Waals surface area contributed by atoms with Gasteiger partial charge in [0.05, 0.1) is 31.6 Å². The van der Waals surface area contributed by atoms with Crippen LogP contribution in [0.15, 0.2) is 60.2 Å². The highest BCUT2D eigenvalue weighted by Crippen LogP contribution is 2.69. The molecule has 0 radical (unpaired) electrons. The highest BCUT2D eigenvalue weighted by Gasteiger charge is 2.76. The fourth-order valence-corrected chi connectivity index (χ4v) is 12.1. The number of carbonyl (C=O) groups excluding carboxylic acids is 9. The quantitative estimate of drug-likeness (QED) is 0.0711. The van der Waals surface area contributed by atoms with Gasteiger partial charge in [-0.3, -0.25) is 48.1 Å². The Morgan fingerprint density at radius 3 is 2.30 bits per heavy atom. The minimum atomic E-state index is -1.45. The molecule has 3 saturated carbocycles. The number of esters is 2. The van der Waals surface area contributed by atoms with Crippen LogP contribution in [-0.2, 0) is 68.7 Å². The van der Waals surface area contributed by atoms with Gasteiger partial charge in [0.15, 0.2) is 24.3 Å². The van der Waals surface area contributed by atoms with Gasteiger partial charge in [0.25, 0.3) is 11.8 Å². The third-order valence-electron chi connectivity index (χ3n) is 15.6. The number of nitrogens with one attached hydrogen (secondary N) is 3. The number of fused-ring (bicyclic) bond motifs is 7. The summed E-state index contributed by atoms with van der Waals surface area (Å²) >= 11 is 0. The molecule has 10 unspecified atom stereocenters. The van der Waals surface area contributed by atoms with Crippen molar-refractivity contribution in [3.05, 3.63) is 65.8 Å². The van der Waals surface area contributed by atoms with Gasteiger partial charge in [-0.1, -0.05) is 71.2 Å². The van der Waals surface area contributed by atoms with Gasteiger partial charge in [-0.25, -0.2) is 0 Å². The first-order valence-electron chi connectivity index (χ1n) is 25.1. The van der Waals surface area contributed by atoms with E-state index in [1.807, 2.05) is 19.9 Å². The number of imide groups is 1. The lowest BCUT2D eigenvalue weighted by Crippen LogP contribution is -2.63. The molecule has 18 nitrogen and oxygen atoms in total. The van der Waals surface area contributed by atoms with Crippen LogP contribution in [0.25, 0.3) is 0 Å². The van der Waals surface area contributed by atoms with Crippen molar-refractivity contribution in [3.63, 3.8) is 0 Å². The molecule has 0 aromatic heterocycles. The predicted molar refractivity (Wildman–Crippen MR) is 255 cm³/mol. The molecule has 2 aliphatic heterocycles. The molecule has 0 bridgehead atoms. The van der Waals surface area contributed by atoms with Gasteiger partial charge in [-0.2, -0.15) is 0 Å². The Labute approximate surface area is 414 Å². The maximum atomic E-state index is 14.5. The van der Waals surface area contributed by atoms with E-state index in [1.54, 1.807) is 50.3 Å². The van der Waals surface area contributed by atoms with Crippen molar-refractivity contribution in [2.24, 2.45) is 34.5 Å². The van der Waals surface area contributed by atoms with Crippen molar-refractivity contribution >= 4 is 58.7 Å². The first kappa shape index (κ1) is 53.0. The summed E-state index contributed by atoms with van der Waals surface area (Å²) in [5.41, 5.74) is -0.716. The van der Waals surface area contributed by atoms with Crippen molar-refractivity contribution < 1.29 is 67.2 Å². The zero-order valence-electron chi connectivity index (χ0n) is 41.3. The number of ether oxygens (including phenoxy) is 4. The Bertz CT molecular complexity index is 2340. The number of aliphatic hydroxyl groups excluding tert-OH is 1. The summed E-state index contributed by atoms with van der Waals surface area (Å²) in [6.45, 7) is 8.85. The molecule has 4 fully saturated rings. The van der Waals surface area contributed by atoms with Crippen molar-refractivity contribution in [3.8, 4) is 0 Å². The maximum Gasteiger partial charge on any atom is 0.306 e. The molecule has 6 aliphatic rings. The number of nitrogens with zero attached hydrogens (tertiary/aromatic N) is 1. The Morgan fingerprint density at radius 2 is 1.61 bits per heavy atom. The van der Waals surface area contributed by atoms with Crippen molar-refractivity contribution in [2.45, 2.75) is 148 Å². The van der Waals surface area contributed by atoms with Crippen LogP contribution in [0.3, 0.4) is 0 Å². The number of hydrogen-bond acceptors (Lipinski definition) is 14. The first-order chi connectivity index (χ1) is 33.8. The molecule has 18 heteroatoms. The van der Waals surface area contributed by atoms with Crippen LogP contribution in [0.2, 0.25) is 0 Å². The van der Waals surface area contributed by atoms with Gasteiger partial charge < -0.3 is 40.0 Å². The van der Waals surface area contributed by atoms with E-state index in [0.717, 1.165) is 23.3 Å². The lowest BCUT2D eigenvalue weighted by Gasteiger charge is -2.59. The Hall–Kier alpha value is -5.85. The average Bonchev–Trinajstić information content (AvgIpc) is 3.94. The lowest BCUT2D eigenvalue weighted by molar-refractivity contribution is -0.201. The fourth-order valence-electron chi connectivity index (χ4n) is 12.1. The average molecular weight is 985 g/mol. The van der Waals surface area contributed by atoms with E-state index in [-0.39, 0.29) is 92.6 Å². The molecule has 10 atom stereocenters. The number of benzene rings is 1. The molecular weight excluding hydrogens is 917 g/mol. The molecule has 384 valence electrons. The third-order valence-corrected chi connectivity index (χ3v) is 15.6. The maximum absolute atomic E-state index is 14.5. The number of hydrogen-bond donors (Lipinski definition) is 4. The van der Waals surface area contributed by atoms with Crippen molar-refractivity contribution in [1.29, 1.82) is 0 Å². The highest BCUT2D eigenvalue weighted by atomic mass is 16.7. The topological polar surface area (TPSA) is 250 Å². The normalized spacial score (nSPS) is 29.6. The summed E-state index contributed by atoms with van der Waals surface area (Å²) < 4.78 is 24.0. The summed E-state index contributed by atoms with van der Waals surface area (Å²) in [4.78, 5) is 115. The second kappa shape index (κ2) is 22.3. The Kier molecular flexibility index (Phi) is 16.6. The largest absolute Gasteiger partial charge is 0.461 e. The number of unbranched alkanes of at least 4 members (excludes halogenated alkanes) is 2. The number of allylic oxidation sites excluding steroid dienone is 4. The number of anilines is 1. The van der Waals surface area contributed by atoms with Crippen LogP contribution in [0, 0.1) is 34.5 Å². The predicted octanol–water partition coefficient (Wildman–Crippen LogP) is 4.47. The molecule has 4 N–H and O–H groups in total. The molecular formula is C53H68N4O14. The molecule has 5 amide bonds. The summed E-state index contributed by atoms with van der Waals surface area (Å²) in [7, 11) is 0. The second-order valence-corrected chi connectivity index (χ2v) is 20.6. The molecule has 7 rings (SSSR count). The van der Waals surface area contributed by atoms with Crippen LogP contribution in [0.4, 0.5) is 5.69 Å². The number of rotatable bonds is 22. The number of aliphatic hydroxyl groups is 1. The standard InChI is InChI=1S/C53H68N4O14/c1-6-10-47-70-40-26-37-36-17-14-33-25-35(58)22-23-51(33,4)48(36)38(59)27-52(37,5)53(40,71-47)39(60)30-69-46(66)21-20-45(65)68-29-32-12-15-34(16-13-32)55-42(62)28-54-50(67)49(31(2)3)56-41(61)11-8-7-9-24-57-43(63)18-19-44(57)64/h12-13,15-16,18-19,22-23,25,31,36-38,40,47-49,59H,6-11,14,17,20-21,24,26-30H2,1-5H3,(H,54,67)(H,55,62)(H,56,61). The van der Waals surface area contributed by atoms with E-state index < -0.39 is 77.1 Å². The van der Waals surface area contributed by atoms with Gasteiger partial charge in [-0.05, 0) is 92.5 Å². The third kappa shape index (κ3) is 11.3. The van der Waals surface area contributed by atoms with Gasteiger partial charge in [0, 0.05) is 47.6 Å². The summed E-state index contributed by atoms with van der Waals surface area (Å²) in [5, 5.41) is 19.9. The molecule has 1 aromatic rings. The Balaban J connectivity index is 0.819. The van der Waals surface area contributed by atoms with Crippen molar-refractivity contribution in [2.75, 3.05) is 25.0 Å². The SMILES string of the molecule is CCCC1OC2CC3C4CCC5=CC(=O)C=CC5(C)C4C(O)CC3(C)C2(C(=O)COC(=O)CCC(=O)OCc2ccc(NC(=O)CNC(=O)C(NC(=O)CCCCCN3C(=O)C=CC3=O)C(C)C)cc2)O1. The molecule has 4 aliphatic carbocycles. The number of amides is 5. The van der Waals surface area contributed by atoms with Gasteiger partial charge in [-0.15, -0.1) is 0 Å². The monoisotopic (exact) mass is 984 g/mol. The lowest BCUT2D eigenvalue weighted by atomic mass is 9.46.